The molecule has 25 heavy (non-hydrogen) atoms. The molecule has 0 fully saturated rings. The number of amides is 3. The molecule has 3 amide bonds. The first kappa shape index (κ1) is 17.0. The quantitative estimate of drug-likeness (QED) is 0.899. The molecule has 0 spiro atoms. The predicted octanol–water partition coefficient (Wildman–Crippen LogP) is 3.35. The lowest BCUT2D eigenvalue weighted by molar-refractivity contribution is -0.119. The van der Waals surface area contributed by atoms with E-state index in [1.165, 1.54) is 5.56 Å². The number of rotatable bonds is 4. The van der Waals surface area contributed by atoms with Crippen molar-refractivity contribution in [3.63, 3.8) is 0 Å². The minimum Gasteiger partial charge on any atom is -0.326 e. The van der Waals surface area contributed by atoms with Crippen molar-refractivity contribution in [1.29, 1.82) is 0 Å². The first-order valence-electron chi connectivity index (χ1n) is 8.65. The number of urea groups is 1. The summed E-state index contributed by atoms with van der Waals surface area (Å²) >= 11 is 0. The Bertz CT molecular complexity index is 788. The van der Waals surface area contributed by atoms with Crippen molar-refractivity contribution in [3.8, 4) is 0 Å². The summed E-state index contributed by atoms with van der Waals surface area (Å²) in [6.45, 7) is 4.41. The largest absolute Gasteiger partial charge is 0.326 e. The van der Waals surface area contributed by atoms with Gasteiger partial charge in [-0.2, -0.15) is 0 Å². The van der Waals surface area contributed by atoms with Crippen LogP contribution in [0, 0.1) is 0 Å². The van der Waals surface area contributed by atoms with E-state index in [0.29, 0.717) is 6.54 Å². The van der Waals surface area contributed by atoms with Crippen molar-refractivity contribution < 1.29 is 9.59 Å². The minimum atomic E-state index is -0.597. The van der Waals surface area contributed by atoms with Crippen LogP contribution in [-0.2, 0) is 17.6 Å². The summed E-state index contributed by atoms with van der Waals surface area (Å²) in [5.74, 6) is -0.0936. The Morgan fingerprint density at radius 3 is 2.64 bits per heavy atom. The van der Waals surface area contributed by atoms with Gasteiger partial charge in [-0.1, -0.05) is 43.3 Å². The molecule has 2 aromatic carbocycles. The molecular formula is C20H23N3O2. The third-order valence-electron chi connectivity index (χ3n) is 4.52. The lowest BCUT2D eigenvalue weighted by Crippen LogP contribution is -2.47. The second-order valence-electron chi connectivity index (χ2n) is 6.20. The third-order valence-corrected chi connectivity index (χ3v) is 4.52. The van der Waals surface area contributed by atoms with E-state index in [9.17, 15) is 9.59 Å². The lowest BCUT2D eigenvalue weighted by atomic mass is 10.1. The fraction of sp³-hybridized carbons (Fsp3) is 0.300. The monoisotopic (exact) mass is 337 g/mol. The van der Waals surface area contributed by atoms with E-state index in [1.807, 2.05) is 55.5 Å². The molecule has 1 atom stereocenters. The van der Waals surface area contributed by atoms with Crippen LogP contribution in [0.5, 0.6) is 0 Å². The van der Waals surface area contributed by atoms with Crippen molar-refractivity contribution in [2.75, 3.05) is 16.8 Å². The van der Waals surface area contributed by atoms with Gasteiger partial charge in [0.1, 0.15) is 6.04 Å². The van der Waals surface area contributed by atoms with Gasteiger partial charge in [0, 0.05) is 17.9 Å². The summed E-state index contributed by atoms with van der Waals surface area (Å²) in [6, 6.07) is 14.6. The maximum Gasteiger partial charge on any atom is 0.319 e. The highest BCUT2D eigenvalue weighted by atomic mass is 16.2. The molecule has 0 saturated heterocycles. The van der Waals surface area contributed by atoms with E-state index in [-0.39, 0.29) is 11.9 Å². The predicted molar refractivity (Wildman–Crippen MR) is 99.9 cm³/mol. The van der Waals surface area contributed by atoms with Crippen LogP contribution < -0.4 is 15.5 Å². The Morgan fingerprint density at radius 2 is 1.84 bits per heavy atom. The van der Waals surface area contributed by atoms with Crippen LogP contribution >= 0.6 is 0 Å². The van der Waals surface area contributed by atoms with Gasteiger partial charge in [0.25, 0.3) is 0 Å². The Morgan fingerprint density at radius 1 is 1.12 bits per heavy atom. The zero-order valence-corrected chi connectivity index (χ0v) is 14.6. The summed E-state index contributed by atoms with van der Waals surface area (Å²) in [5.41, 5.74) is 3.95. The van der Waals surface area contributed by atoms with Gasteiger partial charge >= 0.3 is 6.03 Å². The second kappa shape index (κ2) is 7.38. The highest BCUT2D eigenvalue weighted by Crippen LogP contribution is 2.27. The van der Waals surface area contributed by atoms with Gasteiger partial charge in [-0.25, -0.2) is 4.79 Å². The Kier molecular flexibility index (Phi) is 5.03. The number of nitrogens with one attached hydrogen (secondary N) is 2. The summed E-state index contributed by atoms with van der Waals surface area (Å²) in [4.78, 5) is 26.7. The standard InChI is InChI=1S/C20H23N3O2/c1-3-15-8-4-6-10-17(15)22-20(25)21-14(2)19(24)23-13-12-16-9-5-7-11-18(16)23/h4-11,14H,3,12-13H2,1-2H3,(H2,21,22,25)/t14-/m0/s1. The van der Waals surface area contributed by atoms with Gasteiger partial charge in [0.05, 0.1) is 0 Å². The van der Waals surface area contributed by atoms with Crippen molar-refractivity contribution in [2.24, 2.45) is 0 Å². The number of carbonyl (C=O) groups excluding carboxylic acids is 2. The van der Waals surface area contributed by atoms with Crippen LogP contribution in [0.1, 0.15) is 25.0 Å². The van der Waals surface area contributed by atoms with Crippen LogP contribution in [0.25, 0.3) is 0 Å². The van der Waals surface area contributed by atoms with Crippen molar-refractivity contribution in [2.45, 2.75) is 32.7 Å². The number of nitrogens with zero attached hydrogens (tertiary/aromatic N) is 1. The van der Waals surface area contributed by atoms with E-state index < -0.39 is 6.04 Å². The molecule has 0 unspecified atom stereocenters. The number of para-hydroxylation sites is 2. The molecule has 1 heterocycles. The number of anilines is 2. The fourth-order valence-electron chi connectivity index (χ4n) is 3.17. The summed E-state index contributed by atoms with van der Waals surface area (Å²) in [6.07, 6.45) is 1.68. The van der Waals surface area contributed by atoms with Gasteiger partial charge < -0.3 is 15.5 Å². The maximum absolute atomic E-state index is 12.7. The van der Waals surface area contributed by atoms with E-state index >= 15 is 0 Å². The Hall–Kier alpha value is -2.82. The second-order valence-corrected chi connectivity index (χ2v) is 6.20. The summed E-state index contributed by atoms with van der Waals surface area (Å²) in [7, 11) is 0. The number of hydrogen-bond donors (Lipinski definition) is 2. The van der Waals surface area contributed by atoms with E-state index in [4.69, 9.17) is 0 Å². The Balaban J connectivity index is 1.63. The van der Waals surface area contributed by atoms with E-state index in [2.05, 4.69) is 10.6 Å². The zero-order valence-electron chi connectivity index (χ0n) is 14.6. The zero-order chi connectivity index (χ0) is 17.8. The number of carbonyl (C=O) groups is 2. The summed E-state index contributed by atoms with van der Waals surface area (Å²) in [5, 5.41) is 5.58. The van der Waals surface area contributed by atoms with Gasteiger partial charge in [-0.05, 0) is 43.0 Å². The number of fused-ring (bicyclic) bond motifs is 1. The fourth-order valence-corrected chi connectivity index (χ4v) is 3.17. The average molecular weight is 337 g/mol. The lowest BCUT2D eigenvalue weighted by Gasteiger charge is -2.22. The molecular weight excluding hydrogens is 314 g/mol. The summed E-state index contributed by atoms with van der Waals surface area (Å²) < 4.78 is 0. The van der Waals surface area contributed by atoms with Crippen molar-refractivity contribution in [1.82, 2.24) is 5.32 Å². The molecule has 5 heteroatoms. The first-order chi connectivity index (χ1) is 12.1. The molecule has 0 saturated carbocycles. The van der Waals surface area contributed by atoms with Crippen LogP contribution in [0.3, 0.4) is 0 Å². The third kappa shape index (κ3) is 3.65. The molecule has 3 rings (SSSR count). The van der Waals surface area contributed by atoms with Gasteiger partial charge in [0.15, 0.2) is 0 Å². The normalized spacial score (nSPS) is 13.9. The molecule has 2 N–H and O–H groups in total. The van der Waals surface area contributed by atoms with Crippen molar-refractivity contribution >= 4 is 23.3 Å². The van der Waals surface area contributed by atoms with Crippen LogP contribution in [0.15, 0.2) is 48.5 Å². The van der Waals surface area contributed by atoms with Gasteiger partial charge in [0.2, 0.25) is 5.91 Å². The van der Waals surface area contributed by atoms with Crippen LogP contribution in [0.2, 0.25) is 0 Å². The molecule has 0 aliphatic carbocycles. The number of benzene rings is 2. The van der Waals surface area contributed by atoms with Crippen LogP contribution in [-0.4, -0.2) is 24.5 Å². The van der Waals surface area contributed by atoms with E-state index in [0.717, 1.165) is 29.8 Å². The number of aryl methyl sites for hydroxylation is 1. The molecule has 1 aliphatic rings. The van der Waals surface area contributed by atoms with Crippen LogP contribution in [0.4, 0.5) is 16.2 Å². The maximum atomic E-state index is 12.7. The molecule has 0 aromatic heterocycles. The smallest absolute Gasteiger partial charge is 0.319 e. The molecule has 0 radical (unpaired) electrons. The topological polar surface area (TPSA) is 61.4 Å². The molecule has 2 aromatic rings. The molecule has 130 valence electrons. The molecule has 1 aliphatic heterocycles. The highest BCUT2D eigenvalue weighted by molar-refractivity contribution is 6.01. The molecule has 5 nitrogen and oxygen atoms in total. The SMILES string of the molecule is CCc1ccccc1NC(=O)N[C@@H](C)C(=O)N1CCc2ccccc21. The highest BCUT2D eigenvalue weighted by Gasteiger charge is 2.28. The minimum absolute atomic E-state index is 0.0936. The van der Waals surface area contributed by atoms with Gasteiger partial charge in [-0.3, -0.25) is 4.79 Å². The van der Waals surface area contributed by atoms with Crippen molar-refractivity contribution in [3.05, 3.63) is 59.7 Å². The van der Waals surface area contributed by atoms with Gasteiger partial charge in [-0.15, -0.1) is 0 Å². The average Bonchev–Trinajstić information content (AvgIpc) is 3.05. The molecule has 0 bridgehead atoms. The Labute approximate surface area is 148 Å². The van der Waals surface area contributed by atoms with E-state index in [1.54, 1.807) is 11.8 Å². The number of hydrogen-bond acceptors (Lipinski definition) is 2. The first-order valence-corrected chi connectivity index (χ1v) is 8.65.